The summed E-state index contributed by atoms with van der Waals surface area (Å²) in [4.78, 5) is 10.8. The monoisotopic (exact) mass is 272 g/mol. The van der Waals surface area contributed by atoms with Crippen LogP contribution in [0.5, 0.6) is 5.75 Å². The van der Waals surface area contributed by atoms with Crippen molar-refractivity contribution in [2.75, 3.05) is 6.61 Å². The van der Waals surface area contributed by atoms with E-state index in [2.05, 4.69) is 12.1 Å². The molecule has 2 nitrogen and oxygen atoms in total. The van der Waals surface area contributed by atoms with Gasteiger partial charge in [0.25, 0.3) is 0 Å². The number of rotatable bonds is 7. The molecule has 104 valence electrons. The molecule has 3 heteroatoms. The highest BCUT2D eigenvalue weighted by Crippen LogP contribution is 2.18. The number of aryl methyl sites for hydroxylation is 1. The van der Waals surface area contributed by atoms with E-state index in [0.717, 1.165) is 19.3 Å². The van der Waals surface area contributed by atoms with Gasteiger partial charge in [-0.3, -0.25) is 4.79 Å². The van der Waals surface area contributed by atoms with Crippen LogP contribution in [0.3, 0.4) is 0 Å². The van der Waals surface area contributed by atoms with Gasteiger partial charge in [-0.2, -0.15) is 0 Å². The lowest BCUT2D eigenvalue weighted by Gasteiger charge is -2.08. The van der Waals surface area contributed by atoms with Crippen molar-refractivity contribution in [1.82, 2.24) is 0 Å². The normalized spacial score (nSPS) is 10.2. The second-order valence-electron chi connectivity index (χ2n) is 4.59. The third kappa shape index (κ3) is 4.19. The fourth-order valence-corrected chi connectivity index (χ4v) is 2.00. The van der Waals surface area contributed by atoms with E-state index in [0.29, 0.717) is 18.6 Å². The maximum atomic E-state index is 13.0. The average Bonchev–Trinajstić information content (AvgIpc) is 2.49. The lowest BCUT2D eigenvalue weighted by Crippen LogP contribution is -2.01. The molecule has 0 amide bonds. The van der Waals surface area contributed by atoms with Crippen molar-refractivity contribution >= 4 is 6.29 Å². The van der Waals surface area contributed by atoms with Crippen molar-refractivity contribution in [2.45, 2.75) is 19.3 Å². The quantitative estimate of drug-likeness (QED) is 0.561. The molecule has 0 aliphatic rings. The minimum absolute atomic E-state index is 0.257. The number of aldehydes is 1. The van der Waals surface area contributed by atoms with Crippen LogP contribution in [0.2, 0.25) is 0 Å². The fraction of sp³-hybridized carbons (Fsp3) is 0.235. The van der Waals surface area contributed by atoms with Crippen molar-refractivity contribution in [3.05, 3.63) is 65.5 Å². The molecule has 20 heavy (non-hydrogen) atoms. The number of carbonyl (C=O) groups is 1. The third-order valence-electron chi connectivity index (χ3n) is 3.06. The van der Waals surface area contributed by atoms with Gasteiger partial charge in [0.1, 0.15) is 11.6 Å². The van der Waals surface area contributed by atoms with Crippen LogP contribution in [-0.4, -0.2) is 12.9 Å². The van der Waals surface area contributed by atoms with E-state index in [1.54, 1.807) is 0 Å². The van der Waals surface area contributed by atoms with Crippen molar-refractivity contribution in [2.24, 2.45) is 0 Å². The number of hydrogen-bond acceptors (Lipinski definition) is 2. The van der Waals surface area contributed by atoms with E-state index in [9.17, 15) is 9.18 Å². The minimum Gasteiger partial charge on any atom is -0.493 e. The van der Waals surface area contributed by atoms with Crippen LogP contribution in [0, 0.1) is 5.82 Å². The highest BCUT2D eigenvalue weighted by molar-refractivity contribution is 5.79. The Kier molecular flexibility index (Phi) is 5.30. The molecule has 0 saturated carbocycles. The average molecular weight is 272 g/mol. The highest BCUT2D eigenvalue weighted by atomic mass is 19.1. The zero-order valence-electron chi connectivity index (χ0n) is 11.2. The predicted molar refractivity (Wildman–Crippen MR) is 76.7 cm³/mol. The van der Waals surface area contributed by atoms with Gasteiger partial charge in [0.2, 0.25) is 0 Å². The van der Waals surface area contributed by atoms with E-state index in [1.807, 2.05) is 18.2 Å². The topological polar surface area (TPSA) is 26.3 Å². The first-order valence-electron chi connectivity index (χ1n) is 6.71. The predicted octanol–water partition coefficient (Wildman–Crippen LogP) is 4.04. The number of halogens is 1. The van der Waals surface area contributed by atoms with Gasteiger partial charge in [0.05, 0.1) is 12.2 Å². The summed E-state index contributed by atoms with van der Waals surface area (Å²) in [5.41, 5.74) is 1.57. The lowest BCUT2D eigenvalue weighted by molar-refractivity contribution is 0.111. The van der Waals surface area contributed by atoms with Crippen LogP contribution in [0.15, 0.2) is 48.5 Å². The first-order chi connectivity index (χ1) is 9.79. The molecule has 0 fully saturated rings. The Bertz CT molecular complexity index is 552. The summed E-state index contributed by atoms with van der Waals surface area (Å²) < 4.78 is 18.5. The van der Waals surface area contributed by atoms with Crippen molar-refractivity contribution in [3.63, 3.8) is 0 Å². The second kappa shape index (κ2) is 7.43. The zero-order chi connectivity index (χ0) is 14.2. The third-order valence-corrected chi connectivity index (χ3v) is 3.06. The maximum absolute atomic E-state index is 13.0. The Balaban J connectivity index is 1.75. The van der Waals surface area contributed by atoms with Gasteiger partial charge in [-0.25, -0.2) is 4.39 Å². The molecule has 2 aromatic carbocycles. The van der Waals surface area contributed by atoms with Crippen LogP contribution in [0.4, 0.5) is 4.39 Å². The van der Waals surface area contributed by atoms with Crippen molar-refractivity contribution < 1.29 is 13.9 Å². The summed E-state index contributed by atoms with van der Waals surface area (Å²) in [6.45, 7) is 0.527. The molecule has 0 spiro atoms. The second-order valence-corrected chi connectivity index (χ2v) is 4.59. The number of carbonyl (C=O) groups excluding carboxylic acids is 1. The largest absolute Gasteiger partial charge is 0.493 e. The highest BCUT2D eigenvalue weighted by Gasteiger charge is 2.04. The van der Waals surface area contributed by atoms with E-state index < -0.39 is 5.82 Å². The Labute approximate surface area is 118 Å². The number of unbranched alkanes of at least 4 members (excludes halogenated alkanes) is 1. The van der Waals surface area contributed by atoms with Crippen LogP contribution >= 0.6 is 0 Å². The van der Waals surface area contributed by atoms with Crippen LogP contribution in [0.1, 0.15) is 28.8 Å². The number of ether oxygens (including phenoxy) is 1. The fourth-order valence-electron chi connectivity index (χ4n) is 2.00. The molecule has 0 atom stereocenters. The smallest absolute Gasteiger partial charge is 0.153 e. The van der Waals surface area contributed by atoms with Gasteiger partial charge >= 0.3 is 0 Å². The van der Waals surface area contributed by atoms with Crippen LogP contribution in [-0.2, 0) is 6.42 Å². The molecule has 0 bridgehead atoms. The Morgan fingerprint density at radius 1 is 1.05 bits per heavy atom. The molecule has 2 rings (SSSR count). The van der Waals surface area contributed by atoms with Crippen molar-refractivity contribution in [1.29, 1.82) is 0 Å². The van der Waals surface area contributed by atoms with Gasteiger partial charge in [-0.15, -0.1) is 0 Å². The SMILES string of the molecule is O=Cc1cc(F)ccc1OCCCCc1ccccc1. The Morgan fingerprint density at radius 3 is 2.60 bits per heavy atom. The van der Waals surface area contributed by atoms with E-state index in [-0.39, 0.29) is 5.56 Å². The number of benzene rings is 2. The molecule has 0 unspecified atom stereocenters. The Hall–Kier alpha value is -2.16. The molecule has 0 radical (unpaired) electrons. The lowest BCUT2D eigenvalue weighted by atomic mass is 10.1. The summed E-state index contributed by atoms with van der Waals surface area (Å²) in [5.74, 6) is 0.0182. The van der Waals surface area contributed by atoms with Crippen molar-refractivity contribution in [3.8, 4) is 5.75 Å². The summed E-state index contributed by atoms with van der Waals surface area (Å²) in [5, 5.41) is 0. The molecule has 0 heterocycles. The van der Waals surface area contributed by atoms with Gasteiger partial charge in [-0.1, -0.05) is 30.3 Å². The summed E-state index contributed by atoms with van der Waals surface area (Å²) in [6.07, 6.45) is 3.53. The van der Waals surface area contributed by atoms with Crippen LogP contribution < -0.4 is 4.74 Å². The number of hydrogen-bond donors (Lipinski definition) is 0. The molecule has 0 saturated heterocycles. The minimum atomic E-state index is -0.427. The maximum Gasteiger partial charge on any atom is 0.153 e. The summed E-state index contributed by atoms with van der Waals surface area (Å²) in [6, 6.07) is 14.2. The molecule has 2 aromatic rings. The molecular weight excluding hydrogens is 255 g/mol. The zero-order valence-corrected chi connectivity index (χ0v) is 11.2. The first kappa shape index (κ1) is 14.3. The molecule has 0 aromatic heterocycles. The molecule has 0 aliphatic carbocycles. The summed E-state index contributed by atoms with van der Waals surface area (Å²) in [7, 11) is 0. The van der Waals surface area contributed by atoms with Gasteiger partial charge in [-0.05, 0) is 43.0 Å². The van der Waals surface area contributed by atoms with Gasteiger partial charge in [0.15, 0.2) is 6.29 Å². The first-order valence-corrected chi connectivity index (χ1v) is 6.71. The van der Waals surface area contributed by atoms with E-state index >= 15 is 0 Å². The van der Waals surface area contributed by atoms with E-state index in [1.165, 1.54) is 23.8 Å². The van der Waals surface area contributed by atoms with Gasteiger partial charge < -0.3 is 4.74 Å². The standard InChI is InChI=1S/C17H17FO2/c18-16-9-10-17(15(12-16)13-19)20-11-5-4-8-14-6-2-1-3-7-14/h1-3,6-7,9-10,12-13H,4-5,8,11H2. The summed E-state index contributed by atoms with van der Waals surface area (Å²) >= 11 is 0. The molecular formula is C17H17FO2. The Morgan fingerprint density at radius 2 is 1.85 bits per heavy atom. The van der Waals surface area contributed by atoms with E-state index in [4.69, 9.17) is 4.74 Å². The van der Waals surface area contributed by atoms with Gasteiger partial charge in [0, 0.05) is 0 Å². The molecule has 0 aliphatic heterocycles. The van der Waals surface area contributed by atoms with Crippen LogP contribution in [0.25, 0.3) is 0 Å². The molecule has 0 N–H and O–H groups in total.